The molecule has 0 unspecified atom stereocenters. The van der Waals surface area contributed by atoms with E-state index in [1.54, 1.807) is 0 Å². The van der Waals surface area contributed by atoms with Gasteiger partial charge in [-0.25, -0.2) is 0 Å². The molecule has 2 heterocycles. The molecule has 168 valence electrons. The van der Waals surface area contributed by atoms with E-state index in [2.05, 4.69) is 110 Å². The Morgan fingerprint density at radius 2 is 1.36 bits per heavy atom. The molecule has 33 heavy (non-hydrogen) atoms. The molecule has 1 fully saturated rings. The summed E-state index contributed by atoms with van der Waals surface area (Å²) in [6.45, 7) is 7.41. The number of nitrogens with zero attached hydrogens (tertiary/aromatic N) is 1. The van der Waals surface area contributed by atoms with Gasteiger partial charge in [-0.1, -0.05) is 90.5 Å². The summed E-state index contributed by atoms with van der Waals surface area (Å²) in [5.41, 5.74) is 6.55. The van der Waals surface area contributed by atoms with E-state index in [0.29, 0.717) is 11.8 Å². The zero-order valence-corrected chi connectivity index (χ0v) is 19.7. The Labute approximate surface area is 197 Å². The van der Waals surface area contributed by atoms with E-state index in [9.17, 15) is 0 Å². The van der Waals surface area contributed by atoms with Crippen LogP contribution in [0, 0.1) is 19.8 Å². The average molecular weight is 436 g/mol. The lowest BCUT2D eigenvalue weighted by Crippen LogP contribution is -2.35. The van der Waals surface area contributed by atoms with Crippen molar-refractivity contribution in [2.24, 2.45) is 5.92 Å². The van der Waals surface area contributed by atoms with Gasteiger partial charge in [0, 0.05) is 11.5 Å². The zero-order chi connectivity index (χ0) is 22.6. The first-order valence-electron chi connectivity index (χ1n) is 12.2. The highest BCUT2D eigenvalue weighted by molar-refractivity contribution is 5.59. The maximum Gasteiger partial charge on any atom is 0.134 e. The Kier molecular flexibility index (Phi) is 6.46. The molecule has 0 spiro atoms. The SMILES string of the molecule is Cc1ccc(-c2cc(C)c(CN3CCC(C(c4ccccc4)c4ccccc4)CC3)o2)cc1. The second-order valence-corrected chi connectivity index (χ2v) is 9.50. The number of piperidine rings is 1. The Bertz CT molecular complexity index is 1110. The van der Waals surface area contributed by atoms with Gasteiger partial charge in [0.15, 0.2) is 0 Å². The molecular formula is C31H33NO. The van der Waals surface area contributed by atoms with E-state index >= 15 is 0 Å². The number of rotatable bonds is 6. The quantitative estimate of drug-likeness (QED) is 0.310. The van der Waals surface area contributed by atoms with Gasteiger partial charge in [0.25, 0.3) is 0 Å². The molecule has 2 heteroatoms. The second-order valence-electron chi connectivity index (χ2n) is 9.50. The molecule has 1 aliphatic rings. The minimum atomic E-state index is 0.466. The Balaban J connectivity index is 1.27. The van der Waals surface area contributed by atoms with Crippen LogP contribution in [0.4, 0.5) is 0 Å². The third-order valence-electron chi connectivity index (χ3n) is 7.14. The van der Waals surface area contributed by atoms with Crippen molar-refractivity contribution in [2.45, 2.75) is 39.2 Å². The number of hydrogen-bond donors (Lipinski definition) is 0. The maximum atomic E-state index is 6.31. The topological polar surface area (TPSA) is 16.4 Å². The molecule has 5 rings (SSSR count). The summed E-state index contributed by atoms with van der Waals surface area (Å²) >= 11 is 0. The van der Waals surface area contributed by atoms with Crippen molar-refractivity contribution in [2.75, 3.05) is 13.1 Å². The number of furan rings is 1. The van der Waals surface area contributed by atoms with E-state index < -0.39 is 0 Å². The Morgan fingerprint density at radius 1 is 0.788 bits per heavy atom. The first-order chi connectivity index (χ1) is 16.2. The molecule has 0 radical (unpaired) electrons. The average Bonchev–Trinajstić information content (AvgIpc) is 3.22. The van der Waals surface area contributed by atoms with Crippen LogP contribution < -0.4 is 0 Å². The van der Waals surface area contributed by atoms with Crippen LogP contribution in [-0.4, -0.2) is 18.0 Å². The van der Waals surface area contributed by atoms with Gasteiger partial charge >= 0.3 is 0 Å². The summed E-state index contributed by atoms with van der Waals surface area (Å²) in [5, 5.41) is 0. The molecule has 0 atom stereocenters. The fourth-order valence-corrected chi connectivity index (χ4v) is 5.24. The van der Waals surface area contributed by atoms with E-state index in [4.69, 9.17) is 4.42 Å². The number of hydrogen-bond acceptors (Lipinski definition) is 2. The standard InChI is InChI=1S/C31H33NO/c1-23-13-15-25(16-14-23)29-21-24(2)30(33-29)22-32-19-17-28(18-20-32)31(26-9-5-3-6-10-26)27-11-7-4-8-12-27/h3-16,21,28,31H,17-20,22H2,1-2H3. The monoisotopic (exact) mass is 435 g/mol. The molecule has 2 nitrogen and oxygen atoms in total. The van der Waals surface area contributed by atoms with Gasteiger partial charge < -0.3 is 4.42 Å². The summed E-state index contributed by atoms with van der Waals surface area (Å²) in [7, 11) is 0. The minimum Gasteiger partial charge on any atom is -0.459 e. The van der Waals surface area contributed by atoms with Crippen molar-refractivity contribution < 1.29 is 4.42 Å². The van der Waals surface area contributed by atoms with E-state index in [1.807, 2.05) is 0 Å². The third-order valence-corrected chi connectivity index (χ3v) is 7.14. The molecular weight excluding hydrogens is 402 g/mol. The van der Waals surface area contributed by atoms with E-state index in [1.165, 1.54) is 35.1 Å². The van der Waals surface area contributed by atoms with Gasteiger partial charge in [0.05, 0.1) is 6.54 Å². The lowest BCUT2D eigenvalue weighted by Gasteiger charge is -2.36. The zero-order valence-electron chi connectivity index (χ0n) is 19.7. The third kappa shape index (κ3) is 4.96. The van der Waals surface area contributed by atoms with Gasteiger partial charge in [-0.2, -0.15) is 0 Å². The van der Waals surface area contributed by atoms with Crippen molar-refractivity contribution in [3.63, 3.8) is 0 Å². The summed E-state index contributed by atoms with van der Waals surface area (Å²) in [6, 6.07) is 32.9. The van der Waals surface area contributed by atoms with Gasteiger partial charge in [-0.15, -0.1) is 0 Å². The second kappa shape index (κ2) is 9.80. The summed E-state index contributed by atoms with van der Waals surface area (Å²) < 4.78 is 6.31. The molecule has 0 N–H and O–H groups in total. The van der Waals surface area contributed by atoms with Crippen LogP contribution in [0.15, 0.2) is 95.4 Å². The van der Waals surface area contributed by atoms with Crippen molar-refractivity contribution >= 4 is 0 Å². The van der Waals surface area contributed by atoms with Gasteiger partial charge in [-0.05, 0) is 68.5 Å². The summed E-state index contributed by atoms with van der Waals surface area (Å²) in [6.07, 6.45) is 2.41. The minimum absolute atomic E-state index is 0.466. The van der Waals surface area contributed by atoms with Gasteiger partial charge in [0.1, 0.15) is 11.5 Å². The number of likely N-dealkylation sites (tertiary alicyclic amines) is 1. The molecule has 0 amide bonds. The molecule has 3 aromatic carbocycles. The van der Waals surface area contributed by atoms with Crippen LogP contribution >= 0.6 is 0 Å². The van der Waals surface area contributed by atoms with Crippen LogP contribution in [0.25, 0.3) is 11.3 Å². The van der Waals surface area contributed by atoms with Gasteiger partial charge in [0.2, 0.25) is 0 Å². The lowest BCUT2D eigenvalue weighted by atomic mass is 9.76. The highest BCUT2D eigenvalue weighted by Crippen LogP contribution is 2.38. The first kappa shape index (κ1) is 21.7. The molecule has 4 aromatic rings. The number of aryl methyl sites for hydroxylation is 2. The molecule has 0 saturated carbocycles. The Morgan fingerprint density at radius 3 is 1.94 bits per heavy atom. The molecule has 1 aromatic heterocycles. The van der Waals surface area contributed by atoms with Crippen LogP contribution in [0.5, 0.6) is 0 Å². The van der Waals surface area contributed by atoms with Crippen LogP contribution in [0.3, 0.4) is 0 Å². The molecule has 1 saturated heterocycles. The Hall–Kier alpha value is -3.10. The van der Waals surface area contributed by atoms with Crippen molar-refractivity contribution in [1.82, 2.24) is 4.90 Å². The predicted octanol–water partition coefficient (Wildman–Crippen LogP) is 7.61. The first-order valence-corrected chi connectivity index (χ1v) is 12.2. The highest BCUT2D eigenvalue weighted by Gasteiger charge is 2.29. The summed E-state index contributed by atoms with van der Waals surface area (Å²) in [5.74, 6) is 3.21. The van der Waals surface area contributed by atoms with Crippen LogP contribution in [0.2, 0.25) is 0 Å². The predicted molar refractivity (Wildman–Crippen MR) is 136 cm³/mol. The molecule has 1 aliphatic heterocycles. The smallest absolute Gasteiger partial charge is 0.134 e. The fraction of sp³-hybridized carbons (Fsp3) is 0.290. The summed E-state index contributed by atoms with van der Waals surface area (Å²) in [4.78, 5) is 2.56. The van der Waals surface area contributed by atoms with Crippen LogP contribution in [-0.2, 0) is 6.54 Å². The molecule has 0 bridgehead atoms. The maximum absolute atomic E-state index is 6.31. The largest absolute Gasteiger partial charge is 0.459 e. The van der Waals surface area contributed by atoms with Crippen molar-refractivity contribution in [1.29, 1.82) is 0 Å². The number of benzene rings is 3. The van der Waals surface area contributed by atoms with E-state index in [0.717, 1.165) is 36.7 Å². The fourth-order valence-electron chi connectivity index (χ4n) is 5.24. The van der Waals surface area contributed by atoms with Crippen LogP contribution in [0.1, 0.15) is 46.8 Å². The van der Waals surface area contributed by atoms with Gasteiger partial charge in [-0.3, -0.25) is 4.90 Å². The van der Waals surface area contributed by atoms with Crippen molar-refractivity contribution in [3.8, 4) is 11.3 Å². The highest BCUT2D eigenvalue weighted by atomic mass is 16.3. The van der Waals surface area contributed by atoms with Crippen molar-refractivity contribution in [3.05, 3.63) is 119 Å². The normalized spacial score (nSPS) is 15.2. The molecule has 0 aliphatic carbocycles. The van der Waals surface area contributed by atoms with E-state index in [-0.39, 0.29) is 0 Å². The lowest BCUT2D eigenvalue weighted by molar-refractivity contribution is 0.158.